The molecule has 0 amide bonds. The first-order valence-electron chi connectivity index (χ1n) is 5.03. The molecule has 3 heteroatoms. The minimum absolute atomic E-state index is 0. The molecule has 2 rings (SSSR count). The molecule has 1 heterocycles. The second-order valence-electron chi connectivity index (χ2n) is 3.58. The van der Waals surface area contributed by atoms with Gasteiger partial charge >= 0.3 is 0 Å². The Morgan fingerprint density at radius 2 is 2.00 bits per heavy atom. The maximum absolute atomic E-state index is 3.80. The molecule has 0 saturated carbocycles. The molecule has 0 fully saturated rings. The number of nitrogens with zero attached hydrogens (tertiary/aromatic N) is 2. The number of imidazole rings is 1. The normalized spacial score (nSPS) is 9.56. The van der Waals surface area contributed by atoms with Crippen molar-refractivity contribution in [3.8, 4) is 0 Å². The molecular formula is C13H15ClN2. The van der Waals surface area contributed by atoms with Gasteiger partial charge in [-0.15, -0.1) is 0 Å². The number of halogens is 1. The highest BCUT2D eigenvalue weighted by atomic mass is 35.5. The maximum atomic E-state index is 3.80. The van der Waals surface area contributed by atoms with Gasteiger partial charge in [0.15, 0.2) is 0 Å². The average Bonchev–Trinajstić information content (AvgIpc) is 2.62. The zero-order valence-corrected chi connectivity index (χ0v) is 10.1. The fourth-order valence-corrected chi connectivity index (χ4v) is 1.69. The summed E-state index contributed by atoms with van der Waals surface area (Å²) in [6.45, 7) is 3.80. The van der Waals surface area contributed by atoms with Gasteiger partial charge in [-0.3, -0.25) is 0 Å². The predicted octanol–water partition coefficient (Wildman–Crippen LogP) is -0.992. The van der Waals surface area contributed by atoms with E-state index in [2.05, 4.69) is 42.5 Å². The molecule has 0 bridgehead atoms. The first-order chi connectivity index (χ1) is 7.31. The monoisotopic (exact) mass is 234 g/mol. The third-order valence-electron chi connectivity index (χ3n) is 2.56. The van der Waals surface area contributed by atoms with Gasteiger partial charge in [-0.2, -0.15) is 0 Å². The van der Waals surface area contributed by atoms with Gasteiger partial charge in [-0.1, -0.05) is 36.9 Å². The van der Waals surface area contributed by atoms with Crippen molar-refractivity contribution in [3.63, 3.8) is 0 Å². The van der Waals surface area contributed by atoms with Crippen LogP contribution in [0.5, 0.6) is 0 Å². The average molecular weight is 235 g/mol. The van der Waals surface area contributed by atoms with Gasteiger partial charge in [-0.05, 0) is 5.56 Å². The molecule has 0 aliphatic rings. The Morgan fingerprint density at radius 1 is 1.31 bits per heavy atom. The highest BCUT2D eigenvalue weighted by Crippen LogP contribution is 2.06. The molecule has 0 radical (unpaired) electrons. The summed E-state index contributed by atoms with van der Waals surface area (Å²) in [6.07, 6.45) is 6.82. The summed E-state index contributed by atoms with van der Waals surface area (Å²) in [6, 6.07) is 10.4. The molecule has 84 valence electrons. The van der Waals surface area contributed by atoms with E-state index in [1.807, 2.05) is 29.2 Å². The topological polar surface area (TPSA) is 8.81 Å². The second-order valence-corrected chi connectivity index (χ2v) is 3.58. The highest BCUT2D eigenvalue weighted by Gasteiger charge is 2.12. The van der Waals surface area contributed by atoms with E-state index >= 15 is 0 Å². The minimum atomic E-state index is 0. The molecule has 2 aromatic rings. The zero-order chi connectivity index (χ0) is 10.7. The fourth-order valence-electron chi connectivity index (χ4n) is 1.69. The number of hydrogen-bond acceptors (Lipinski definition) is 0. The number of hydrogen-bond donors (Lipinski definition) is 0. The van der Waals surface area contributed by atoms with Crippen LogP contribution in [0.15, 0.2) is 49.3 Å². The summed E-state index contributed by atoms with van der Waals surface area (Å²) in [5, 5.41) is 0. The van der Waals surface area contributed by atoms with Gasteiger partial charge < -0.3 is 12.4 Å². The van der Waals surface area contributed by atoms with Crippen LogP contribution in [0, 0.1) is 0 Å². The van der Waals surface area contributed by atoms with Crippen molar-refractivity contribution in [2.24, 2.45) is 7.05 Å². The Hall–Kier alpha value is -1.54. The Bertz CT molecular complexity index is 460. The molecule has 0 aliphatic carbocycles. The fraction of sp³-hybridized carbons (Fsp3) is 0.154. The Balaban J connectivity index is 0.00000128. The molecule has 0 unspecified atom stereocenters. The van der Waals surface area contributed by atoms with E-state index in [0.29, 0.717) is 0 Å². The third-order valence-corrected chi connectivity index (χ3v) is 2.56. The molecule has 0 aliphatic heterocycles. The van der Waals surface area contributed by atoms with E-state index in [-0.39, 0.29) is 12.4 Å². The number of benzene rings is 1. The summed E-state index contributed by atoms with van der Waals surface area (Å²) in [5.41, 5.74) is 1.31. The van der Waals surface area contributed by atoms with Crippen LogP contribution in [-0.4, -0.2) is 4.57 Å². The lowest BCUT2D eigenvalue weighted by atomic mass is 10.1. The van der Waals surface area contributed by atoms with E-state index in [1.165, 1.54) is 11.4 Å². The molecule has 0 spiro atoms. The van der Waals surface area contributed by atoms with Crippen LogP contribution >= 0.6 is 0 Å². The molecule has 2 nitrogen and oxygen atoms in total. The Kier molecular flexibility index (Phi) is 4.32. The minimum Gasteiger partial charge on any atom is -1.00 e. The standard InChI is InChI=1S/C13H15N2.ClH/c1-3-15-10-9-14(2)13(15)11-12-7-5-4-6-8-12;/h3-10H,1,11H2,2H3;1H/q+1;/p-1. The molecular weight excluding hydrogens is 220 g/mol. The van der Waals surface area contributed by atoms with Gasteiger partial charge in [0.2, 0.25) is 0 Å². The summed E-state index contributed by atoms with van der Waals surface area (Å²) < 4.78 is 4.17. The van der Waals surface area contributed by atoms with Crippen molar-refractivity contribution in [2.45, 2.75) is 6.42 Å². The third kappa shape index (κ3) is 2.52. The van der Waals surface area contributed by atoms with Gasteiger partial charge in [0.05, 0.1) is 19.7 Å². The number of rotatable bonds is 3. The highest BCUT2D eigenvalue weighted by molar-refractivity contribution is 5.23. The first kappa shape index (κ1) is 12.5. The lowest BCUT2D eigenvalue weighted by Gasteiger charge is -1.99. The summed E-state index contributed by atoms with van der Waals surface area (Å²) in [5.74, 6) is 1.23. The van der Waals surface area contributed by atoms with E-state index in [9.17, 15) is 0 Å². The molecule has 1 aromatic heterocycles. The molecule has 0 N–H and O–H groups in total. The summed E-state index contributed by atoms with van der Waals surface area (Å²) in [7, 11) is 2.05. The Labute approximate surface area is 102 Å². The van der Waals surface area contributed by atoms with Crippen LogP contribution in [0.2, 0.25) is 0 Å². The van der Waals surface area contributed by atoms with Crippen LogP contribution in [0.3, 0.4) is 0 Å². The Morgan fingerprint density at radius 3 is 2.62 bits per heavy atom. The van der Waals surface area contributed by atoms with Crippen LogP contribution in [-0.2, 0) is 13.5 Å². The van der Waals surface area contributed by atoms with Gasteiger partial charge in [0.25, 0.3) is 5.82 Å². The number of aromatic nitrogens is 2. The molecule has 0 saturated heterocycles. The maximum Gasteiger partial charge on any atom is 0.265 e. The van der Waals surface area contributed by atoms with Crippen molar-refractivity contribution in [1.82, 2.24) is 4.57 Å². The van der Waals surface area contributed by atoms with Crippen molar-refractivity contribution in [1.29, 1.82) is 0 Å². The summed E-state index contributed by atoms with van der Waals surface area (Å²) in [4.78, 5) is 0. The molecule has 1 aromatic carbocycles. The smallest absolute Gasteiger partial charge is 0.265 e. The molecule has 16 heavy (non-hydrogen) atoms. The van der Waals surface area contributed by atoms with Crippen molar-refractivity contribution < 1.29 is 17.0 Å². The predicted molar refractivity (Wildman–Crippen MR) is 61.2 cm³/mol. The van der Waals surface area contributed by atoms with Crippen LogP contribution in [0.1, 0.15) is 11.4 Å². The van der Waals surface area contributed by atoms with Crippen LogP contribution < -0.4 is 17.0 Å². The van der Waals surface area contributed by atoms with Crippen molar-refractivity contribution >= 4 is 6.20 Å². The van der Waals surface area contributed by atoms with E-state index in [0.717, 1.165) is 6.42 Å². The zero-order valence-electron chi connectivity index (χ0n) is 9.31. The van der Waals surface area contributed by atoms with Gasteiger partial charge in [-0.25, -0.2) is 9.13 Å². The first-order valence-corrected chi connectivity index (χ1v) is 5.03. The second kappa shape index (κ2) is 5.52. The quantitative estimate of drug-likeness (QED) is 0.603. The van der Waals surface area contributed by atoms with Gasteiger partial charge in [0.1, 0.15) is 12.4 Å². The van der Waals surface area contributed by atoms with Crippen LogP contribution in [0.25, 0.3) is 6.20 Å². The van der Waals surface area contributed by atoms with Crippen LogP contribution in [0.4, 0.5) is 0 Å². The van der Waals surface area contributed by atoms with Crippen molar-refractivity contribution in [2.75, 3.05) is 0 Å². The van der Waals surface area contributed by atoms with E-state index in [4.69, 9.17) is 0 Å². The largest absolute Gasteiger partial charge is 1.00 e. The van der Waals surface area contributed by atoms with E-state index in [1.54, 1.807) is 0 Å². The van der Waals surface area contributed by atoms with Crippen molar-refractivity contribution in [3.05, 3.63) is 60.7 Å². The van der Waals surface area contributed by atoms with E-state index < -0.39 is 0 Å². The number of aryl methyl sites for hydroxylation is 1. The SMILES string of the molecule is C=Cn1cc[n+](C)c1Cc1ccccc1.[Cl-]. The lowest BCUT2D eigenvalue weighted by molar-refractivity contribution is -0.678. The summed E-state index contributed by atoms with van der Waals surface area (Å²) >= 11 is 0. The lowest BCUT2D eigenvalue weighted by Crippen LogP contribution is -3.00. The molecule has 0 atom stereocenters. The van der Waals surface area contributed by atoms with Gasteiger partial charge in [0, 0.05) is 0 Å².